The molecule has 31 heavy (non-hydrogen) atoms. The van der Waals surface area contributed by atoms with Gasteiger partial charge in [0.25, 0.3) is 0 Å². The molecule has 5 aromatic rings. The van der Waals surface area contributed by atoms with Crippen molar-refractivity contribution >= 4 is 38.6 Å². The maximum absolute atomic E-state index is 11.7. The molecular formula is C27H21NO3. The van der Waals surface area contributed by atoms with Crippen LogP contribution in [0.2, 0.25) is 0 Å². The molecule has 0 atom stereocenters. The minimum Gasteiger partial charge on any atom is -0.435 e. The van der Waals surface area contributed by atoms with Crippen molar-refractivity contribution < 1.29 is 13.9 Å². The summed E-state index contributed by atoms with van der Waals surface area (Å²) in [6.45, 7) is 9.41. The number of rotatable bonds is 3. The molecule has 0 N–H and O–H groups in total. The van der Waals surface area contributed by atoms with Gasteiger partial charge >= 0.3 is 5.97 Å². The normalized spacial score (nSPS) is 11.3. The quantitative estimate of drug-likeness (QED) is 0.141. The van der Waals surface area contributed by atoms with Gasteiger partial charge < -0.3 is 9.15 Å². The summed E-state index contributed by atoms with van der Waals surface area (Å²) in [5.41, 5.74) is 5.20. The van der Waals surface area contributed by atoms with Crippen molar-refractivity contribution in [3.63, 3.8) is 0 Å². The highest BCUT2D eigenvalue weighted by molar-refractivity contribution is 6.23. The zero-order chi connectivity index (χ0) is 21.7. The van der Waals surface area contributed by atoms with Crippen molar-refractivity contribution in [2.24, 2.45) is 0 Å². The summed E-state index contributed by atoms with van der Waals surface area (Å²) in [6, 6.07) is 19.9. The van der Waals surface area contributed by atoms with E-state index in [9.17, 15) is 4.79 Å². The third kappa shape index (κ3) is 3.26. The third-order valence-electron chi connectivity index (χ3n) is 5.43. The fraction of sp³-hybridized carbons (Fsp3) is 0.111. The zero-order valence-electron chi connectivity index (χ0n) is 17.7. The van der Waals surface area contributed by atoms with E-state index in [0.717, 1.165) is 32.8 Å². The van der Waals surface area contributed by atoms with Gasteiger partial charge in [-0.05, 0) is 55.8 Å². The zero-order valence-corrected chi connectivity index (χ0v) is 17.7. The molecule has 0 amide bonds. The fourth-order valence-electron chi connectivity index (χ4n) is 3.83. The van der Waals surface area contributed by atoms with Crippen molar-refractivity contribution in [2.45, 2.75) is 20.8 Å². The summed E-state index contributed by atoms with van der Waals surface area (Å²) in [5, 5.41) is 4.45. The van der Waals surface area contributed by atoms with Crippen LogP contribution >= 0.6 is 0 Å². The number of oxazole rings is 1. The Kier molecular flexibility index (Phi) is 4.36. The molecule has 1 aromatic heterocycles. The lowest BCUT2D eigenvalue weighted by molar-refractivity contribution is -0.130. The first kappa shape index (κ1) is 19.1. The van der Waals surface area contributed by atoms with Crippen molar-refractivity contribution in [3.05, 3.63) is 83.9 Å². The Morgan fingerprint density at radius 1 is 0.871 bits per heavy atom. The summed E-state index contributed by atoms with van der Waals surface area (Å²) in [7, 11) is 0. The lowest BCUT2D eigenvalue weighted by atomic mass is 9.97. The van der Waals surface area contributed by atoms with Gasteiger partial charge in [0.15, 0.2) is 5.58 Å². The Morgan fingerprint density at radius 2 is 1.48 bits per heavy atom. The molecule has 0 bridgehead atoms. The molecule has 0 spiro atoms. The predicted molar refractivity (Wildman–Crippen MR) is 124 cm³/mol. The highest BCUT2D eigenvalue weighted by Gasteiger charge is 2.16. The molecule has 0 aliphatic rings. The number of aryl methyl sites for hydroxylation is 2. The first-order chi connectivity index (χ1) is 14.9. The first-order valence-corrected chi connectivity index (χ1v) is 10.1. The maximum Gasteiger partial charge on any atom is 0.338 e. The second-order valence-corrected chi connectivity index (χ2v) is 7.99. The molecule has 1 heterocycles. The SMILES string of the molecule is C=C(C)C(=O)Oc1ccc(-c2nc3c4ccc(C)cc4c4cc(C)ccc4c3o2)cc1. The summed E-state index contributed by atoms with van der Waals surface area (Å²) in [4.78, 5) is 16.6. The van der Waals surface area contributed by atoms with Crippen LogP contribution in [0.4, 0.5) is 0 Å². The van der Waals surface area contributed by atoms with Crippen LogP contribution in [0.1, 0.15) is 18.1 Å². The number of esters is 1. The number of carbonyl (C=O) groups is 1. The average molecular weight is 407 g/mol. The lowest BCUT2D eigenvalue weighted by Crippen LogP contribution is -2.07. The molecule has 0 fully saturated rings. The van der Waals surface area contributed by atoms with Crippen molar-refractivity contribution in [1.82, 2.24) is 4.98 Å². The highest BCUT2D eigenvalue weighted by atomic mass is 16.5. The molecule has 4 nitrogen and oxygen atoms in total. The molecule has 0 aliphatic heterocycles. The van der Waals surface area contributed by atoms with E-state index in [0.29, 0.717) is 17.2 Å². The van der Waals surface area contributed by atoms with Crippen LogP contribution in [-0.2, 0) is 4.79 Å². The summed E-state index contributed by atoms with van der Waals surface area (Å²) < 4.78 is 11.5. The number of fused-ring (bicyclic) bond motifs is 6. The van der Waals surface area contributed by atoms with E-state index in [1.807, 2.05) is 12.1 Å². The van der Waals surface area contributed by atoms with Gasteiger partial charge in [-0.25, -0.2) is 9.78 Å². The van der Waals surface area contributed by atoms with Gasteiger partial charge in [0.2, 0.25) is 5.89 Å². The first-order valence-electron chi connectivity index (χ1n) is 10.1. The van der Waals surface area contributed by atoms with E-state index in [4.69, 9.17) is 14.1 Å². The fourth-order valence-corrected chi connectivity index (χ4v) is 3.83. The van der Waals surface area contributed by atoms with Gasteiger partial charge in [0.05, 0.1) is 0 Å². The largest absolute Gasteiger partial charge is 0.435 e. The van der Waals surface area contributed by atoms with Crippen LogP contribution in [0.3, 0.4) is 0 Å². The van der Waals surface area contributed by atoms with Gasteiger partial charge in [-0.3, -0.25) is 0 Å². The molecular weight excluding hydrogens is 386 g/mol. The number of benzene rings is 4. The number of ether oxygens (including phenoxy) is 1. The molecule has 0 aliphatic carbocycles. The Bertz CT molecular complexity index is 1430. The molecule has 0 unspecified atom stereocenters. The third-order valence-corrected chi connectivity index (χ3v) is 5.43. The molecule has 0 saturated heterocycles. The van der Waals surface area contributed by atoms with Crippen LogP contribution in [0.15, 0.2) is 77.2 Å². The Labute approximate surface area is 179 Å². The van der Waals surface area contributed by atoms with E-state index >= 15 is 0 Å². The van der Waals surface area contributed by atoms with Crippen LogP contribution in [-0.4, -0.2) is 11.0 Å². The van der Waals surface area contributed by atoms with Gasteiger partial charge in [0, 0.05) is 21.9 Å². The van der Waals surface area contributed by atoms with Crippen LogP contribution < -0.4 is 4.74 Å². The summed E-state index contributed by atoms with van der Waals surface area (Å²) in [6.07, 6.45) is 0. The van der Waals surface area contributed by atoms with E-state index in [1.165, 1.54) is 16.5 Å². The minimum absolute atomic E-state index is 0.354. The van der Waals surface area contributed by atoms with E-state index < -0.39 is 5.97 Å². The molecule has 0 radical (unpaired) electrons. The number of carbonyl (C=O) groups excluding carboxylic acids is 1. The number of hydrogen-bond acceptors (Lipinski definition) is 4. The Hall–Kier alpha value is -3.92. The number of nitrogens with zero attached hydrogens (tertiary/aromatic N) is 1. The second-order valence-electron chi connectivity index (χ2n) is 7.99. The molecule has 4 aromatic carbocycles. The maximum atomic E-state index is 11.7. The molecule has 152 valence electrons. The summed E-state index contributed by atoms with van der Waals surface area (Å²) in [5.74, 6) is 0.538. The Balaban J connectivity index is 1.68. The monoisotopic (exact) mass is 407 g/mol. The number of hydrogen-bond donors (Lipinski definition) is 0. The van der Waals surface area contributed by atoms with Gasteiger partial charge in [-0.15, -0.1) is 0 Å². The number of aromatic nitrogens is 1. The molecule has 4 heteroatoms. The smallest absolute Gasteiger partial charge is 0.338 e. The average Bonchev–Trinajstić information content (AvgIpc) is 3.19. The van der Waals surface area contributed by atoms with Crippen molar-refractivity contribution in [3.8, 4) is 17.2 Å². The predicted octanol–water partition coefficient (Wildman–Crippen LogP) is 6.90. The highest BCUT2D eigenvalue weighted by Crippen LogP contribution is 2.38. The molecule has 5 rings (SSSR count). The standard InChI is InChI=1S/C27H21NO3/c1-15(2)27(29)30-19-9-7-18(8-10-19)26-28-24-20-11-5-16(3)13-22(20)23-14-17(4)6-12-21(23)25(24)31-26/h5-14H,1H2,2-4H3. The van der Waals surface area contributed by atoms with Crippen molar-refractivity contribution in [1.29, 1.82) is 0 Å². The van der Waals surface area contributed by atoms with Crippen molar-refractivity contribution in [2.75, 3.05) is 0 Å². The van der Waals surface area contributed by atoms with Gasteiger partial charge in [0.1, 0.15) is 11.3 Å². The summed E-state index contributed by atoms with van der Waals surface area (Å²) >= 11 is 0. The van der Waals surface area contributed by atoms with E-state index in [1.54, 1.807) is 19.1 Å². The van der Waals surface area contributed by atoms with E-state index in [-0.39, 0.29) is 0 Å². The van der Waals surface area contributed by atoms with Crippen LogP contribution in [0, 0.1) is 13.8 Å². The van der Waals surface area contributed by atoms with Gasteiger partial charge in [-0.1, -0.05) is 54.1 Å². The second kappa shape index (κ2) is 7.10. The van der Waals surface area contributed by atoms with Gasteiger partial charge in [-0.2, -0.15) is 0 Å². The lowest BCUT2D eigenvalue weighted by Gasteiger charge is -2.07. The van der Waals surface area contributed by atoms with Crippen LogP contribution in [0.5, 0.6) is 5.75 Å². The minimum atomic E-state index is -0.446. The topological polar surface area (TPSA) is 52.3 Å². The molecule has 0 saturated carbocycles. The van der Waals surface area contributed by atoms with E-state index in [2.05, 4.69) is 56.8 Å². The van der Waals surface area contributed by atoms with Crippen LogP contribution in [0.25, 0.3) is 44.1 Å². The Morgan fingerprint density at radius 3 is 2.13 bits per heavy atom.